The molecule has 1 aliphatic heterocycles. The summed E-state index contributed by atoms with van der Waals surface area (Å²) in [6.45, 7) is 1.18. The van der Waals surface area contributed by atoms with E-state index in [9.17, 15) is 9.90 Å². The molecule has 1 amide bonds. The van der Waals surface area contributed by atoms with Gasteiger partial charge in [0.05, 0.1) is 39.0 Å². The third-order valence-electron chi connectivity index (χ3n) is 5.97. The highest BCUT2D eigenvalue weighted by molar-refractivity contribution is 6.36. The number of anilines is 2. The number of hydrogen-bond donors (Lipinski definition) is 3. The van der Waals surface area contributed by atoms with E-state index in [-0.39, 0.29) is 24.4 Å². The Hall–Kier alpha value is -3.33. The van der Waals surface area contributed by atoms with E-state index in [1.54, 1.807) is 30.5 Å². The van der Waals surface area contributed by atoms with Crippen LogP contribution in [0.1, 0.15) is 22.5 Å². The minimum atomic E-state index is -0.237. The number of nitrogens with one attached hydrogen (secondary N) is 1. The van der Waals surface area contributed by atoms with E-state index >= 15 is 0 Å². The van der Waals surface area contributed by atoms with E-state index in [0.717, 1.165) is 29.8 Å². The number of halogens is 2. The van der Waals surface area contributed by atoms with Crippen molar-refractivity contribution < 1.29 is 14.4 Å². The van der Waals surface area contributed by atoms with Gasteiger partial charge in [0, 0.05) is 25.3 Å². The molecule has 10 heteroatoms. The molecule has 1 fully saturated rings. The molecular weight excluding hydrogens is 477 g/mol. The Kier molecular flexibility index (Phi) is 6.03. The van der Waals surface area contributed by atoms with Gasteiger partial charge in [0.1, 0.15) is 0 Å². The molecule has 1 unspecified atom stereocenters. The lowest BCUT2D eigenvalue weighted by atomic mass is 10.0. The van der Waals surface area contributed by atoms with Gasteiger partial charge in [-0.15, -0.1) is 0 Å². The summed E-state index contributed by atoms with van der Waals surface area (Å²) in [6, 6.07) is 12.5. The first kappa shape index (κ1) is 22.5. The zero-order valence-electron chi connectivity index (χ0n) is 18.0. The number of hydrogen-bond acceptors (Lipinski definition) is 7. The number of carbonyl (C=O) groups is 1. The van der Waals surface area contributed by atoms with Crippen LogP contribution in [0.2, 0.25) is 10.0 Å². The molecule has 5 rings (SSSR count). The zero-order valence-corrected chi connectivity index (χ0v) is 19.5. The van der Waals surface area contributed by atoms with Crippen molar-refractivity contribution in [2.24, 2.45) is 0 Å². The number of pyridine rings is 1. The van der Waals surface area contributed by atoms with Crippen molar-refractivity contribution in [3.8, 4) is 11.1 Å². The number of amides is 1. The van der Waals surface area contributed by atoms with Crippen molar-refractivity contribution in [3.63, 3.8) is 0 Å². The fraction of sp³-hybridized carbons (Fsp3) is 0.208. The lowest BCUT2D eigenvalue weighted by molar-refractivity contribution is 0.0940. The maximum Gasteiger partial charge on any atom is 0.253 e. The summed E-state index contributed by atoms with van der Waals surface area (Å²) in [6.07, 6.45) is 2.39. The highest BCUT2D eigenvalue weighted by atomic mass is 35.5. The van der Waals surface area contributed by atoms with Crippen LogP contribution in [0.15, 0.2) is 53.2 Å². The first-order valence-corrected chi connectivity index (χ1v) is 11.4. The van der Waals surface area contributed by atoms with Gasteiger partial charge in [-0.25, -0.2) is 0 Å². The van der Waals surface area contributed by atoms with Crippen LogP contribution in [0.3, 0.4) is 0 Å². The summed E-state index contributed by atoms with van der Waals surface area (Å²) in [5.41, 5.74) is 9.92. The summed E-state index contributed by atoms with van der Waals surface area (Å²) in [4.78, 5) is 19.2. The molecule has 174 valence electrons. The molecule has 0 radical (unpaired) electrons. The second kappa shape index (κ2) is 9.13. The Morgan fingerprint density at radius 3 is 2.79 bits per heavy atom. The molecule has 1 saturated heterocycles. The number of benzene rings is 2. The van der Waals surface area contributed by atoms with Crippen LogP contribution in [0, 0.1) is 0 Å². The zero-order chi connectivity index (χ0) is 23.8. The quantitative estimate of drug-likeness (QED) is 0.376. The van der Waals surface area contributed by atoms with Gasteiger partial charge in [0.15, 0.2) is 11.4 Å². The molecule has 0 bridgehead atoms. The van der Waals surface area contributed by atoms with E-state index in [2.05, 4.69) is 20.4 Å². The molecule has 2 aromatic heterocycles. The predicted molar refractivity (Wildman–Crippen MR) is 132 cm³/mol. The minimum Gasteiger partial charge on any atom is -0.390 e. The van der Waals surface area contributed by atoms with Gasteiger partial charge in [0.2, 0.25) is 0 Å². The van der Waals surface area contributed by atoms with Gasteiger partial charge in [-0.05, 0) is 53.9 Å². The molecule has 34 heavy (non-hydrogen) atoms. The average Bonchev–Trinajstić information content (AvgIpc) is 3.46. The fourth-order valence-corrected chi connectivity index (χ4v) is 4.76. The number of nitrogen functional groups attached to an aromatic ring is 1. The number of nitrogens with zero attached hydrogens (tertiary/aromatic N) is 3. The monoisotopic (exact) mass is 497 g/mol. The maximum atomic E-state index is 13.0. The molecule has 1 aliphatic rings. The summed E-state index contributed by atoms with van der Waals surface area (Å²) < 4.78 is 5.41. The summed E-state index contributed by atoms with van der Waals surface area (Å²) in [5, 5.41) is 17.6. The Bertz CT molecular complexity index is 1390. The molecule has 1 atom stereocenters. The first-order chi connectivity index (χ1) is 16.4. The van der Waals surface area contributed by atoms with Gasteiger partial charge in [-0.1, -0.05) is 34.4 Å². The van der Waals surface area contributed by atoms with Crippen LogP contribution in [0.4, 0.5) is 11.5 Å². The number of aliphatic hydroxyl groups excluding tert-OH is 1. The molecule has 4 aromatic rings. The van der Waals surface area contributed by atoms with Crippen molar-refractivity contribution in [3.05, 3.63) is 70.0 Å². The van der Waals surface area contributed by atoms with Crippen molar-refractivity contribution >= 4 is 51.6 Å². The topological polar surface area (TPSA) is 118 Å². The van der Waals surface area contributed by atoms with Gasteiger partial charge in [-0.2, -0.15) is 0 Å². The van der Waals surface area contributed by atoms with Crippen LogP contribution >= 0.6 is 23.2 Å². The smallest absolute Gasteiger partial charge is 0.253 e. The van der Waals surface area contributed by atoms with Crippen molar-refractivity contribution in [1.82, 2.24) is 15.5 Å². The average molecular weight is 498 g/mol. The predicted octanol–water partition coefficient (Wildman–Crippen LogP) is 4.28. The highest BCUT2D eigenvalue weighted by Gasteiger charge is 2.28. The van der Waals surface area contributed by atoms with Crippen molar-refractivity contribution in [2.75, 3.05) is 23.7 Å². The Balaban J connectivity index is 1.30. The Labute approximate surface area is 205 Å². The number of carbonyl (C=O) groups excluding carboxylic acids is 1. The lowest BCUT2D eigenvalue weighted by Crippen LogP contribution is -2.37. The van der Waals surface area contributed by atoms with Crippen molar-refractivity contribution in [1.29, 1.82) is 0 Å². The van der Waals surface area contributed by atoms with Crippen LogP contribution in [-0.2, 0) is 6.61 Å². The summed E-state index contributed by atoms with van der Waals surface area (Å²) >= 11 is 12.7. The second-order valence-electron chi connectivity index (χ2n) is 8.13. The largest absolute Gasteiger partial charge is 0.390 e. The van der Waals surface area contributed by atoms with Crippen molar-refractivity contribution in [2.45, 2.75) is 19.1 Å². The van der Waals surface area contributed by atoms with E-state index in [1.807, 2.05) is 18.2 Å². The van der Waals surface area contributed by atoms with E-state index in [4.69, 9.17) is 33.5 Å². The number of rotatable bonds is 5. The molecule has 0 saturated carbocycles. The maximum absolute atomic E-state index is 13.0. The number of nitrogens with two attached hydrogens (primary N) is 1. The second-order valence-corrected chi connectivity index (χ2v) is 8.95. The Morgan fingerprint density at radius 2 is 2.00 bits per heavy atom. The fourth-order valence-electron chi connectivity index (χ4n) is 4.25. The van der Waals surface area contributed by atoms with Crippen LogP contribution in [0.5, 0.6) is 0 Å². The molecular formula is C24H21Cl2N5O3. The number of fused-ring (bicyclic) bond motifs is 1. The third-order valence-corrected chi connectivity index (χ3v) is 6.59. The van der Waals surface area contributed by atoms with E-state index < -0.39 is 0 Å². The minimum absolute atomic E-state index is 0.0680. The Morgan fingerprint density at radius 1 is 1.18 bits per heavy atom. The van der Waals surface area contributed by atoms with Gasteiger partial charge >= 0.3 is 0 Å². The molecule has 4 N–H and O–H groups in total. The number of aromatic nitrogens is 2. The van der Waals surface area contributed by atoms with Gasteiger partial charge < -0.3 is 25.6 Å². The summed E-state index contributed by atoms with van der Waals surface area (Å²) in [5.74, 6) is 0.0164. The van der Waals surface area contributed by atoms with Gasteiger partial charge in [-0.3, -0.25) is 9.78 Å². The highest BCUT2D eigenvalue weighted by Crippen LogP contribution is 2.37. The van der Waals surface area contributed by atoms with Gasteiger partial charge in [0.25, 0.3) is 5.91 Å². The van der Waals surface area contributed by atoms with Crippen LogP contribution in [0.25, 0.3) is 22.1 Å². The lowest BCUT2D eigenvalue weighted by Gasteiger charge is -2.19. The standard InChI is InChI=1S/C24H21Cl2N5O3/c25-18-3-4-20(22-21(18)23(27)30-34-22)31-8-6-15(11-31)29-24(33)17-2-1-13(10-19(17)26)14-5-7-28-16(9-14)12-32/h1-5,7,9-10,15,32H,6,8,11-12H2,(H2,27,30)(H,29,33). The number of aliphatic hydroxyl groups is 1. The molecule has 0 spiro atoms. The van der Waals surface area contributed by atoms with Crippen LogP contribution in [-0.4, -0.2) is 40.3 Å². The summed E-state index contributed by atoms with van der Waals surface area (Å²) in [7, 11) is 0. The molecule has 3 heterocycles. The molecule has 2 aromatic carbocycles. The van der Waals surface area contributed by atoms with Crippen LogP contribution < -0.4 is 16.0 Å². The third kappa shape index (κ3) is 4.16. The molecule has 8 nitrogen and oxygen atoms in total. The van der Waals surface area contributed by atoms with E-state index in [1.165, 1.54) is 0 Å². The van der Waals surface area contributed by atoms with E-state index in [0.29, 0.717) is 38.8 Å². The first-order valence-electron chi connectivity index (χ1n) is 10.7. The molecule has 0 aliphatic carbocycles. The SMILES string of the molecule is Nc1noc2c(N3CCC(NC(=O)c4ccc(-c5ccnc(CO)c5)cc4Cl)C3)ccc(Cl)c12. The normalized spacial score (nSPS) is 15.7.